The maximum absolute atomic E-state index is 6.47. The van der Waals surface area contributed by atoms with Crippen molar-refractivity contribution in [1.29, 1.82) is 0 Å². The largest absolute Gasteiger partial charge is 0.456 e. The first-order valence-electron chi connectivity index (χ1n) is 8.01. The third-order valence-corrected chi connectivity index (χ3v) is 5.76. The van der Waals surface area contributed by atoms with Crippen LogP contribution in [0.15, 0.2) is 81.7 Å². The molecule has 1 aromatic heterocycles. The van der Waals surface area contributed by atoms with Crippen molar-refractivity contribution in [3.63, 3.8) is 0 Å². The van der Waals surface area contributed by atoms with Crippen LogP contribution in [-0.4, -0.2) is 0 Å². The van der Waals surface area contributed by atoms with Crippen LogP contribution in [0.1, 0.15) is 0 Å². The van der Waals surface area contributed by atoms with E-state index in [0.717, 1.165) is 47.9 Å². The van der Waals surface area contributed by atoms with Gasteiger partial charge in [0, 0.05) is 25.8 Å². The third-order valence-electron chi connectivity index (χ3n) is 4.61. The van der Waals surface area contributed by atoms with Crippen LogP contribution in [-0.2, 0) is 0 Å². The van der Waals surface area contributed by atoms with Crippen molar-refractivity contribution in [1.82, 2.24) is 0 Å². The molecule has 0 unspecified atom stereocenters. The Balaban J connectivity index is 2.00. The van der Waals surface area contributed by atoms with Gasteiger partial charge in [-0.15, -0.1) is 0 Å². The van der Waals surface area contributed by atoms with Crippen LogP contribution in [0.3, 0.4) is 0 Å². The summed E-state index contributed by atoms with van der Waals surface area (Å²) in [6.45, 7) is 0. The molecule has 0 radical (unpaired) electrons. The predicted octanol–water partition coefficient (Wildman–Crippen LogP) is 7.82. The molecule has 5 rings (SSSR count). The normalized spacial score (nSPS) is 11.6. The fraction of sp³-hybridized carbons (Fsp3) is 0. The molecule has 0 N–H and O–H groups in total. The lowest BCUT2D eigenvalue weighted by Crippen LogP contribution is -1.82. The van der Waals surface area contributed by atoms with Gasteiger partial charge in [0.25, 0.3) is 0 Å². The van der Waals surface area contributed by atoms with Crippen LogP contribution in [0.5, 0.6) is 0 Å². The van der Waals surface area contributed by atoms with Crippen molar-refractivity contribution in [2.24, 2.45) is 0 Å². The SMILES string of the molecule is Clc1ccccc1-c1cccc2oc3cc4ccccc4c(Br)c3c12. The Morgan fingerprint density at radius 2 is 1.48 bits per heavy atom. The maximum Gasteiger partial charge on any atom is 0.137 e. The molecule has 0 bridgehead atoms. The zero-order valence-corrected chi connectivity index (χ0v) is 15.4. The van der Waals surface area contributed by atoms with Gasteiger partial charge in [-0.3, -0.25) is 0 Å². The Morgan fingerprint density at radius 3 is 2.36 bits per heavy atom. The number of fused-ring (bicyclic) bond motifs is 4. The van der Waals surface area contributed by atoms with Crippen molar-refractivity contribution in [3.8, 4) is 11.1 Å². The second-order valence-electron chi connectivity index (χ2n) is 6.05. The fourth-order valence-electron chi connectivity index (χ4n) is 3.49. The summed E-state index contributed by atoms with van der Waals surface area (Å²) >= 11 is 10.3. The van der Waals surface area contributed by atoms with E-state index in [1.165, 1.54) is 5.39 Å². The molecule has 0 saturated heterocycles. The summed E-state index contributed by atoms with van der Waals surface area (Å²) in [6, 6.07) is 24.4. The second-order valence-corrected chi connectivity index (χ2v) is 7.25. The number of benzene rings is 4. The zero-order valence-electron chi connectivity index (χ0n) is 13.1. The summed E-state index contributed by atoms with van der Waals surface area (Å²) in [5, 5.41) is 5.24. The molecule has 0 saturated carbocycles. The highest BCUT2D eigenvalue weighted by Gasteiger charge is 2.17. The molecule has 0 aliphatic heterocycles. The number of hydrogen-bond acceptors (Lipinski definition) is 1. The van der Waals surface area contributed by atoms with E-state index in [9.17, 15) is 0 Å². The van der Waals surface area contributed by atoms with Gasteiger partial charge in [0.1, 0.15) is 11.2 Å². The summed E-state index contributed by atoms with van der Waals surface area (Å²) in [7, 11) is 0. The third kappa shape index (κ3) is 2.21. The molecule has 25 heavy (non-hydrogen) atoms. The molecule has 0 aliphatic rings. The Kier molecular flexibility index (Phi) is 3.37. The Bertz CT molecular complexity index is 1270. The van der Waals surface area contributed by atoms with E-state index in [0.29, 0.717) is 0 Å². The summed E-state index contributed by atoms with van der Waals surface area (Å²) in [5.41, 5.74) is 3.83. The van der Waals surface area contributed by atoms with Crippen LogP contribution in [0, 0.1) is 0 Å². The minimum Gasteiger partial charge on any atom is -0.456 e. The highest BCUT2D eigenvalue weighted by Crippen LogP contribution is 2.43. The van der Waals surface area contributed by atoms with Gasteiger partial charge in [0.05, 0.1) is 0 Å². The molecule has 1 nitrogen and oxygen atoms in total. The molecule has 120 valence electrons. The fourth-order valence-corrected chi connectivity index (χ4v) is 4.48. The quantitative estimate of drug-likeness (QED) is 0.276. The highest BCUT2D eigenvalue weighted by atomic mass is 79.9. The molecule has 0 atom stereocenters. The molecule has 4 aromatic carbocycles. The van der Waals surface area contributed by atoms with Crippen LogP contribution in [0.2, 0.25) is 5.02 Å². The summed E-state index contributed by atoms with van der Waals surface area (Å²) in [6.07, 6.45) is 0. The number of furan rings is 1. The van der Waals surface area contributed by atoms with E-state index < -0.39 is 0 Å². The van der Waals surface area contributed by atoms with E-state index in [1.807, 2.05) is 42.5 Å². The zero-order chi connectivity index (χ0) is 17.0. The number of halogens is 2. The average Bonchev–Trinajstić information content (AvgIpc) is 3.01. The molecular formula is C22H12BrClO. The van der Waals surface area contributed by atoms with Crippen LogP contribution < -0.4 is 0 Å². The molecule has 5 aromatic rings. The van der Waals surface area contributed by atoms with Crippen molar-refractivity contribution in [3.05, 3.63) is 82.3 Å². The summed E-state index contributed by atoms with van der Waals surface area (Å²) in [4.78, 5) is 0. The Labute approximate surface area is 157 Å². The molecule has 0 aliphatic carbocycles. The standard InChI is InChI=1S/C22H12BrClO/c23-22-14-7-2-1-6-13(14)12-19-21(22)20-16(9-5-11-18(20)25-19)15-8-3-4-10-17(15)24/h1-12H. The Hall–Kier alpha value is -2.29. The van der Waals surface area contributed by atoms with Gasteiger partial charge in [0.15, 0.2) is 0 Å². The first-order valence-corrected chi connectivity index (χ1v) is 9.18. The Morgan fingerprint density at radius 1 is 0.720 bits per heavy atom. The molecule has 0 amide bonds. The van der Waals surface area contributed by atoms with E-state index >= 15 is 0 Å². The van der Waals surface area contributed by atoms with Gasteiger partial charge in [-0.1, -0.05) is 66.2 Å². The summed E-state index contributed by atoms with van der Waals surface area (Å²) in [5.74, 6) is 0. The van der Waals surface area contributed by atoms with Gasteiger partial charge >= 0.3 is 0 Å². The van der Waals surface area contributed by atoms with E-state index in [4.69, 9.17) is 16.0 Å². The van der Waals surface area contributed by atoms with Crippen molar-refractivity contribution < 1.29 is 4.42 Å². The van der Waals surface area contributed by atoms with Crippen molar-refractivity contribution in [2.45, 2.75) is 0 Å². The van der Waals surface area contributed by atoms with Gasteiger partial charge in [-0.25, -0.2) is 0 Å². The van der Waals surface area contributed by atoms with Crippen LogP contribution in [0.4, 0.5) is 0 Å². The van der Waals surface area contributed by atoms with E-state index in [-0.39, 0.29) is 0 Å². The first kappa shape index (κ1) is 15.0. The van der Waals surface area contributed by atoms with Gasteiger partial charge < -0.3 is 4.42 Å². The first-order chi connectivity index (χ1) is 12.2. The van der Waals surface area contributed by atoms with Gasteiger partial charge in [-0.05, 0) is 50.5 Å². The highest BCUT2D eigenvalue weighted by molar-refractivity contribution is 9.10. The van der Waals surface area contributed by atoms with Crippen molar-refractivity contribution >= 4 is 60.2 Å². The second kappa shape index (κ2) is 5.62. The van der Waals surface area contributed by atoms with Gasteiger partial charge in [0.2, 0.25) is 0 Å². The molecule has 1 heterocycles. The molecule has 3 heteroatoms. The van der Waals surface area contributed by atoms with Crippen LogP contribution >= 0.6 is 27.5 Å². The van der Waals surface area contributed by atoms with E-state index in [1.54, 1.807) is 0 Å². The van der Waals surface area contributed by atoms with Gasteiger partial charge in [-0.2, -0.15) is 0 Å². The smallest absolute Gasteiger partial charge is 0.137 e. The topological polar surface area (TPSA) is 13.1 Å². The molecular weight excluding hydrogens is 396 g/mol. The number of hydrogen-bond donors (Lipinski definition) is 0. The molecule has 0 spiro atoms. The average molecular weight is 408 g/mol. The monoisotopic (exact) mass is 406 g/mol. The van der Waals surface area contributed by atoms with Crippen LogP contribution in [0.25, 0.3) is 43.8 Å². The maximum atomic E-state index is 6.47. The molecule has 0 fully saturated rings. The minimum absolute atomic E-state index is 0.737. The number of rotatable bonds is 1. The lowest BCUT2D eigenvalue weighted by atomic mass is 9.98. The van der Waals surface area contributed by atoms with E-state index in [2.05, 4.69) is 46.3 Å². The van der Waals surface area contributed by atoms with Crippen molar-refractivity contribution in [2.75, 3.05) is 0 Å². The lowest BCUT2D eigenvalue weighted by Gasteiger charge is -2.07. The minimum atomic E-state index is 0.737. The lowest BCUT2D eigenvalue weighted by molar-refractivity contribution is 0.669. The predicted molar refractivity (Wildman–Crippen MR) is 109 cm³/mol. The summed E-state index contributed by atoms with van der Waals surface area (Å²) < 4.78 is 7.22.